The van der Waals surface area contributed by atoms with E-state index >= 15 is 0 Å². The minimum atomic E-state index is 0.0755. The van der Waals surface area contributed by atoms with Gasteiger partial charge in [-0.25, -0.2) is 0 Å². The van der Waals surface area contributed by atoms with Crippen LogP contribution in [0.25, 0.3) is 0 Å². The van der Waals surface area contributed by atoms with E-state index in [9.17, 15) is 9.59 Å². The van der Waals surface area contributed by atoms with Crippen molar-refractivity contribution >= 4 is 11.7 Å². The van der Waals surface area contributed by atoms with Crippen LogP contribution in [0.1, 0.15) is 47.5 Å². The molecule has 0 aromatic rings. The molecule has 126 valence electrons. The first-order valence-corrected chi connectivity index (χ1v) is 7.91. The average molecular weight is 303 g/mol. The molecule has 0 fully saturated rings. The van der Waals surface area contributed by atoms with Crippen molar-refractivity contribution in [3.05, 3.63) is 0 Å². The zero-order chi connectivity index (χ0) is 16.7. The highest BCUT2D eigenvalue weighted by atomic mass is 16.5. The maximum atomic E-state index is 11.3. The number of hydrogen-bond acceptors (Lipinski definition) is 4. The largest absolute Gasteiger partial charge is 0.379 e. The lowest BCUT2D eigenvalue weighted by atomic mass is 10.1. The van der Waals surface area contributed by atoms with Crippen molar-refractivity contribution in [3.63, 3.8) is 0 Å². The Balaban J connectivity index is 0. The number of nitrogens with zero attached hydrogens (tertiary/aromatic N) is 1. The minimum absolute atomic E-state index is 0.0755. The summed E-state index contributed by atoms with van der Waals surface area (Å²) in [5, 5.41) is 0. The lowest BCUT2D eigenvalue weighted by molar-refractivity contribution is -0.130. The Bertz CT molecular complexity index is 267. The third kappa shape index (κ3) is 13.8. The van der Waals surface area contributed by atoms with Crippen LogP contribution < -0.4 is 0 Å². The second kappa shape index (κ2) is 15.4. The molecular formula is C16H33NO4. The second-order valence-electron chi connectivity index (χ2n) is 4.76. The van der Waals surface area contributed by atoms with E-state index in [2.05, 4.69) is 0 Å². The number of likely N-dealkylation sites (N-methyl/N-ethyl adjacent to an activating group) is 1. The van der Waals surface area contributed by atoms with Crippen LogP contribution in [-0.4, -0.2) is 56.6 Å². The van der Waals surface area contributed by atoms with E-state index in [1.807, 2.05) is 34.6 Å². The molecule has 0 rings (SSSR count). The Morgan fingerprint density at radius 1 is 1.00 bits per heavy atom. The van der Waals surface area contributed by atoms with Gasteiger partial charge in [0.1, 0.15) is 5.78 Å². The Hall–Kier alpha value is -0.940. The molecule has 0 heterocycles. The van der Waals surface area contributed by atoms with Gasteiger partial charge in [-0.1, -0.05) is 34.6 Å². The van der Waals surface area contributed by atoms with Crippen LogP contribution in [0.15, 0.2) is 0 Å². The number of carbonyl (C=O) groups is 2. The maximum absolute atomic E-state index is 11.3. The van der Waals surface area contributed by atoms with Gasteiger partial charge >= 0.3 is 0 Å². The summed E-state index contributed by atoms with van der Waals surface area (Å²) in [5.41, 5.74) is 0. The molecule has 0 unspecified atom stereocenters. The standard InChI is InChI=1S/C14H27NO4.C2H6/c1-5-14(17)15(4)7-9-19-11-10-18-8-6-13(16)12(2)3;1-2/h12H,5-11H2,1-4H3;1-2H3. The van der Waals surface area contributed by atoms with E-state index in [1.165, 1.54) is 0 Å². The quantitative estimate of drug-likeness (QED) is 0.550. The van der Waals surface area contributed by atoms with Gasteiger partial charge in [0.2, 0.25) is 5.91 Å². The van der Waals surface area contributed by atoms with Gasteiger partial charge in [-0.3, -0.25) is 9.59 Å². The van der Waals surface area contributed by atoms with Crippen LogP contribution >= 0.6 is 0 Å². The van der Waals surface area contributed by atoms with Gasteiger partial charge in [0.25, 0.3) is 0 Å². The summed E-state index contributed by atoms with van der Waals surface area (Å²) in [4.78, 5) is 24.2. The Labute approximate surface area is 130 Å². The second-order valence-corrected chi connectivity index (χ2v) is 4.76. The first-order valence-electron chi connectivity index (χ1n) is 7.91. The summed E-state index contributed by atoms with van der Waals surface area (Å²) < 4.78 is 10.7. The van der Waals surface area contributed by atoms with Crippen molar-refractivity contribution in [2.24, 2.45) is 5.92 Å². The van der Waals surface area contributed by atoms with Crippen molar-refractivity contribution in [1.29, 1.82) is 0 Å². The van der Waals surface area contributed by atoms with Gasteiger partial charge in [-0.2, -0.15) is 0 Å². The molecule has 0 saturated heterocycles. The molecule has 1 amide bonds. The van der Waals surface area contributed by atoms with Gasteiger partial charge in [0, 0.05) is 32.4 Å². The monoisotopic (exact) mass is 303 g/mol. The van der Waals surface area contributed by atoms with Crippen molar-refractivity contribution in [2.45, 2.75) is 47.5 Å². The molecule has 0 aromatic heterocycles. The number of rotatable bonds is 11. The van der Waals surface area contributed by atoms with Crippen molar-refractivity contribution in [2.75, 3.05) is 40.0 Å². The number of ether oxygens (including phenoxy) is 2. The van der Waals surface area contributed by atoms with Gasteiger partial charge in [-0.15, -0.1) is 0 Å². The molecule has 0 atom stereocenters. The number of hydrogen-bond donors (Lipinski definition) is 0. The fourth-order valence-electron chi connectivity index (χ4n) is 1.38. The maximum Gasteiger partial charge on any atom is 0.222 e. The summed E-state index contributed by atoms with van der Waals surface area (Å²) in [6, 6.07) is 0. The SMILES string of the molecule is CC.CCC(=O)N(C)CCOCCOCCC(=O)C(C)C. The summed E-state index contributed by atoms with van der Waals surface area (Å²) in [5.74, 6) is 0.416. The summed E-state index contributed by atoms with van der Waals surface area (Å²) in [7, 11) is 1.77. The lowest BCUT2D eigenvalue weighted by Crippen LogP contribution is -2.29. The fourth-order valence-corrected chi connectivity index (χ4v) is 1.38. The highest BCUT2D eigenvalue weighted by Gasteiger charge is 2.06. The Morgan fingerprint density at radius 3 is 2.00 bits per heavy atom. The zero-order valence-electron chi connectivity index (χ0n) is 14.6. The molecule has 0 radical (unpaired) electrons. The van der Waals surface area contributed by atoms with Gasteiger partial charge in [-0.05, 0) is 0 Å². The van der Waals surface area contributed by atoms with E-state index in [0.717, 1.165) is 0 Å². The van der Waals surface area contributed by atoms with E-state index in [0.29, 0.717) is 45.8 Å². The predicted octanol–water partition coefficient (Wildman–Crippen LogP) is 2.53. The Morgan fingerprint density at radius 2 is 1.52 bits per heavy atom. The van der Waals surface area contributed by atoms with E-state index in [-0.39, 0.29) is 17.6 Å². The number of amides is 1. The van der Waals surface area contributed by atoms with Crippen LogP contribution in [0.2, 0.25) is 0 Å². The molecule has 0 aromatic carbocycles. The van der Waals surface area contributed by atoms with Gasteiger partial charge < -0.3 is 14.4 Å². The van der Waals surface area contributed by atoms with Crippen LogP contribution in [0, 0.1) is 5.92 Å². The first kappa shape index (κ1) is 22.3. The molecular weight excluding hydrogens is 270 g/mol. The molecule has 5 nitrogen and oxygen atoms in total. The zero-order valence-corrected chi connectivity index (χ0v) is 14.6. The summed E-state index contributed by atoms with van der Waals surface area (Å²) in [6.07, 6.45) is 0.981. The average Bonchev–Trinajstić information content (AvgIpc) is 2.50. The molecule has 0 aliphatic rings. The van der Waals surface area contributed by atoms with Gasteiger partial charge in [0.15, 0.2) is 0 Å². The molecule has 0 spiro atoms. The summed E-state index contributed by atoms with van der Waals surface area (Å²) in [6.45, 7) is 12.1. The fraction of sp³-hybridized carbons (Fsp3) is 0.875. The first-order chi connectivity index (χ1) is 9.99. The van der Waals surface area contributed by atoms with Crippen molar-refractivity contribution < 1.29 is 19.1 Å². The molecule has 5 heteroatoms. The van der Waals surface area contributed by atoms with E-state index in [4.69, 9.17) is 9.47 Å². The lowest BCUT2D eigenvalue weighted by Gasteiger charge is -2.16. The number of ketones is 1. The molecule has 21 heavy (non-hydrogen) atoms. The normalized spacial score (nSPS) is 10.0. The third-order valence-electron chi connectivity index (χ3n) is 2.81. The Kier molecular flexibility index (Phi) is 16.4. The van der Waals surface area contributed by atoms with Crippen molar-refractivity contribution in [3.8, 4) is 0 Å². The molecule has 0 N–H and O–H groups in total. The third-order valence-corrected chi connectivity index (χ3v) is 2.81. The highest BCUT2D eigenvalue weighted by Crippen LogP contribution is 1.98. The minimum Gasteiger partial charge on any atom is -0.379 e. The highest BCUT2D eigenvalue weighted by molar-refractivity contribution is 5.80. The van der Waals surface area contributed by atoms with E-state index in [1.54, 1.807) is 11.9 Å². The molecule has 0 saturated carbocycles. The predicted molar refractivity (Wildman–Crippen MR) is 85.4 cm³/mol. The van der Waals surface area contributed by atoms with Crippen LogP contribution in [0.3, 0.4) is 0 Å². The molecule has 0 bridgehead atoms. The van der Waals surface area contributed by atoms with Crippen LogP contribution in [0.4, 0.5) is 0 Å². The molecule has 0 aliphatic carbocycles. The van der Waals surface area contributed by atoms with Crippen LogP contribution in [-0.2, 0) is 19.1 Å². The van der Waals surface area contributed by atoms with Crippen molar-refractivity contribution in [1.82, 2.24) is 4.90 Å². The summed E-state index contributed by atoms with van der Waals surface area (Å²) >= 11 is 0. The van der Waals surface area contributed by atoms with Gasteiger partial charge in [0.05, 0.1) is 26.4 Å². The molecule has 0 aliphatic heterocycles. The van der Waals surface area contributed by atoms with E-state index < -0.39 is 0 Å². The van der Waals surface area contributed by atoms with Crippen LogP contribution in [0.5, 0.6) is 0 Å². The number of Topliss-reactive ketones (excluding diaryl/α,β-unsaturated/α-hetero) is 1. The smallest absolute Gasteiger partial charge is 0.222 e. The number of carbonyl (C=O) groups excluding carboxylic acids is 2. The topological polar surface area (TPSA) is 55.8 Å².